The van der Waals surface area contributed by atoms with Gasteiger partial charge in [0.2, 0.25) is 0 Å². The van der Waals surface area contributed by atoms with Crippen molar-refractivity contribution in [2.75, 3.05) is 0 Å². The van der Waals surface area contributed by atoms with Crippen LogP contribution in [0, 0.1) is 0 Å². The van der Waals surface area contributed by atoms with Crippen LogP contribution >= 0.6 is 0 Å². The van der Waals surface area contributed by atoms with E-state index in [2.05, 4.69) is 17.4 Å². The van der Waals surface area contributed by atoms with E-state index in [0.29, 0.717) is 12.1 Å². The highest BCUT2D eigenvalue weighted by atomic mass is 16.3. The van der Waals surface area contributed by atoms with Crippen molar-refractivity contribution in [2.45, 2.75) is 43.4 Å². The first-order chi connectivity index (χ1) is 10.7. The summed E-state index contributed by atoms with van der Waals surface area (Å²) >= 11 is 0. The number of hydrogen-bond acceptors (Lipinski definition) is 3. The predicted molar refractivity (Wildman–Crippen MR) is 86.8 cm³/mol. The third-order valence-electron chi connectivity index (χ3n) is 5.42. The fourth-order valence-electron chi connectivity index (χ4n) is 4.37. The Balaban J connectivity index is 1.67. The summed E-state index contributed by atoms with van der Waals surface area (Å²) in [7, 11) is 0. The molecule has 2 aliphatic rings. The normalized spacial score (nSPS) is 31.1. The number of aliphatic hydroxyl groups is 1. The molecular formula is C19H19NO2. The number of rotatable bonds is 1. The molecule has 3 aromatic rings. The van der Waals surface area contributed by atoms with Gasteiger partial charge in [-0.1, -0.05) is 24.3 Å². The quantitative estimate of drug-likeness (QED) is 0.719. The highest BCUT2D eigenvalue weighted by molar-refractivity contribution is 6.05. The largest absolute Gasteiger partial charge is 0.456 e. The second-order valence-corrected chi connectivity index (χ2v) is 6.89. The monoisotopic (exact) mass is 293 g/mol. The molecular weight excluding hydrogens is 274 g/mol. The van der Waals surface area contributed by atoms with Crippen LogP contribution in [-0.4, -0.2) is 17.2 Å². The molecule has 2 atom stereocenters. The van der Waals surface area contributed by atoms with Crippen molar-refractivity contribution >= 4 is 21.9 Å². The maximum atomic E-state index is 11.2. The van der Waals surface area contributed by atoms with E-state index in [4.69, 9.17) is 4.42 Å². The molecule has 0 aliphatic carbocycles. The Morgan fingerprint density at radius 1 is 0.955 bits per heavy atom. The van der Waals surface area contributed by atoms with Gasteiger partial charge in [-0.05, 0) is 49.4 Å². The maximum absolute atomic E-state index is 11.2. The average Bonchev–Trinajstić information content (AvgIpc) is 3.07. The van der Waals surface area contributed by atoms with Gasteiger partial charge >= 0.3 is 0 Å². The average molecular weight is 293 g/mol. The smallest absolute Gasteiger partial charge is 0.135 e. The van der Waals surface area contributed by atoms with Crippen molar-refractivity contribution in [1.29, 1.82) is 0 Å². The molecule has 112 valence electrons. The minimum absolute atomic E-state index is 0.459. The van der Waals surface area contributed by atoms with E-state index in [1.165, 1.54) is 12.8 Å². The Hall–Kier alpha value is -1.84. The SMILES string of the molecule is OC1(c2ccc3oc4ccccc4c3c2)CC2CCC(C1)N2. The van der Waals surface area contributed by atoms with Crippen LogP contribution < -0.4 is 5.32 Å². The molecule has 0 saturated carbocycles. The lowest BCUT2D eigenvalue weighted by atomic mass is 9.81. The molecule has 5 rings (SSSR count). The highest BCUT2D eigenvalue weighted by Gasteiger charge is 2.43. The molecule has 2 aromatic carbocycles. The Morgan fingerprint density at radius 2 is 1.68 bits per heavy atom. The number of nitrogens with one attached hydrogen (secondary N) is 1. The lowest BCUT2D eigenvalue weighted by Crippen LogP contribution is -2.46. The van der Waals surface area contributed by atoms with Crippen LogP contribution in [-0.2, 0) is 5.60 Å². The standard InChI is InChI=1S/C19H19NO2/c21-19(10-13-6-7-14(11-19)20-13)12-5-8-18-16(9-12)15-3-1-2-4-17(15)22-18/h1-5,8-9,13-14,20-21H,6-7,10-11H2. The summed E-state index contributed by atoms with van der Waals surface area (Å²) in [6.07, 6.45) is 3.99. The van der Waals surface area contributed by atoms with Gasteiger partial charge in [0.15, 0.2) is 0 Å². The van der Waals surface area contributed by atoms with Crippen molar-refractivity contribution in [3.05, 3.63) is 48.0 Å². The van der Waals surface area contributed by atoms with E-state index in [-0.39, 0.29) is 0 Å². The third-order valence-corrected chi connectivity index (χ3v) is 5.42. The summed E-state index contributed by atoms with van der Waals surface area (Å²) in [6.45, 7) is 0. The zero-order valence-electron chi connectivity index (χ0n) is 12.4. The number of furan rings is 1. The van der Waals surface area contributed by atoms with Crippen LogP contribution in [0.1, 0.15) is 31.2 Å². The van der Waals surface area contributed by atoms with Crippen molar-refractivity contribution in [3.63, 3.8) is 0 Å². The lowest BCUT2D eigenvalue weighted by Gasteiger charge is -2.37. The van der Waals surface area contributed by atoms with E-state index in [9.17, 15) is 5.11 Å². The van der Waals surface area contributed by atoms with E-state index in [0.717, 1.165) is 40.3 Å². The summed E-state index contributed by atoms with van der Waals surface area (Å²) in [5, 5.41) is 17.0. The van der Waals surface area contributed by atoms with Crippen LogP contribution in [0.25, 0.3) is 21.9 Å². The first kappa shape index (κ1) is 12.7. The van der Waals surface area contributed by atoms with Gasteiger partial charge in [-0.15, -0.1) is 0 Å². The molecule has 2 N–H and O–H groups in total. The van der Waals surface area contributed by atoms with Crippen molar-refractivity contribution in [3.8, 4) is 0 Å². The van der Waals surface area contributed by atoms with Crippen molar-refractivity contribution in [2.24, 2.45) is 0 Å². The minimum atomic E-state index is -0.705. The molecule has 3 heterocycles. The predicted octanol–water partition coefficient (Wildman–Crippen LogP) is 3.69. The summed E-state index contributed by atoms with van der Waals surface area (Å²) in [5.41, 5.74) is 2.13. The zero-order chi connectivity index (χ0) is 14.7. The number of fused-ring (bicyclic) bond motifs is 5. The van der Waals surface area contributed by atoms with E-state index < -0.39 is 5.60 Å². The third kappa shape index (κ3) is 1.76. The van der Waals surface area contributed by atoms with Gasteiger partial charge in [-0.2, -0.15) is 0 Å². The molecule has 22 heavy (non-hydrogen) atoms. The molecule has 0 radical (unpaired) electrons. The summed E-state index contributed by atoms with van der Waals surface area (Å²) in [6, 6.07) is 15.2. The van der Waals surface area contributed by atoms with E-state index in [1.54, 1.807) is 0 Å². The van der Waals surface area contributed by atoms with Crippen LogP contribution in [0.2, 0.25) is 0 Å². The van der Waals surface area contributed by atoms with Crippen LogP contribution in [0.5, 0.6) is 0 Å². The first-order valence-corrected chi connectivity index (χ1v) is 8.11. The van der Waals surface area contributed by atoms with Gasteiger partial charge < -0.3 is 14.8 Å². The molecule has 0 amide bonds. The summed E-state index contributed by atoms with van der Waals surface area (Å²) in [5.74, 6) is 0. The van der Waals surface area contributed by atoms with Crippen LogP contribution in [0.15, 0.2) is 46.9 Å². The Bertz CT molecular complexity index is 854. The Labute approximate surface area is 128 Å². The topological polar surface area (TPSA) is 45.4 Å². The van der Waals surface area contributed by atoms with Gasteiger partial charge in [0.05, 0.1) is 5.60 Å². The number of para-hydroxylation sites is 1. The minimum Gasteiger partial charge on any atom is -0.456 e. The fraction of sp³-hybridized carbons (Fsp3) is 0.368. The molecule has 3 nitrogen and oxygen atoms in total. The molecule has 3 heteroatoms. The van der Waals surface area contributed by atoms with Gasteiger partial charge in [0.1, 0.15) is 11.2 Å². The first-order valence-electron chi connectivity index (χ1n) is 8.11. The van der Waals surface area contributed by atoms with Gasteiger partial charge in [0, 0.05) is 22.9 Å². The van der Waals surface area contributed by atoms with Gasteiger partial charge in [-0.25, -0.2) is 0 Å². The second-order valence-electron chi connectivity index (χ2n) is 6.89. The fourth-order valence-corrected chi connectivity index (χ4v) is 4.37. The number of hydrogen-bond donors (Lipinski definition) is 2. The van der Waals surface area contributed by atoms with Crippen LogP contribution in [0.3, 0.4) is 0 Å². The van der Waals surface area contributed by atoms with Gasteiger partial charge in [-0.3, -0.25) is 0 Å². The second kappa shape index (κ2) is 4.34. The summed E-state index contributed by atoms with van der Waals surface area (Å²) in [4.78, 5) is 0. The molecule has 2 fully saturated rings. The Morgan fingerprint density at radius 3 is 2.50 bits per heavy atom. The van der Waals surface area contributed by atoms with Crippen LogP contribution in [0.4, 0.5) is 0 Å². The maximum Gasteiger partial charge on any atom is 0.135 e. The molecule has 0 spiro atoms. The van der Waals surface area contributed by atoms with E-state index in [1.807, 2.05) is 30.3 Å². The molecule has 2 aliphatic heterocycles. The molecule has 1 aromatic heterocycles. The Kier molecular flexibility index (Phi) is 2.50. The zero-order valence-corrected chi connectivity index (χ0v) is 12.4. The lowest BCUT2D eigenvalue weighted by molar-refractivity contribution is -0.0113. The van der Waals surface area contributed by atoms with Gasteiger partial charge in [0.25, 0.3) is 0 Å². The highest BCUT2D eigenvalue weighted by Crippen LogP contribution is 2.42. The van der Waals surface area contributed by atoms with Crippen molar-refractivity contribution < 1.29 is 9.52 Å². The summed E-state index contributed by atoms with van der Waals surface area (Å²) < 4.78 is 5.89. The van der Waals surface area contributed by atoms with Crippen molar-refractivity contribution in [1.82, 2.24) is 5.32 Å². The number of piperidine rings is 1. The number of benzene rings is 2. The molecule has 2 unspecified atom stereocenters. The molecule has 2 saturated heterocycles. The molecule has 2 bridgehead atoms. The van der Waals surface area contributed by atoms with E-state index >= 15 is 0 Å².